The number of pyridine rings is 1. The van der Waals surface area contributed by atoms with Gasteiger partial charge in [0.15, 0.2) is 0 Å². The summed E-state index contributed by atoms with van der Waals surface area (Å²) in [5.41, 5.74) is 2.40. The summed E-state index contributed by atoms with van der Waals surface area (Å²) in [5.74, 6) is 2.03. The second kappa shape index (κ2) is 7.79. The van der Waals surface area contributed by atoms with Crippen molar-refractivity contribution >= 4 is 0 Å². The molecule has 0 aliphatic heterocycles. The number of nitrogens with zero attached hydrogens (tertiary/aromatic N) is 1. The van der Waals surface area contributed by atoms with Gasteiger partial charge in [-0.1, -0.05) is 45.0 Å². The highest BCUT2D eigenvalue weighted by molar-refractivity contribution is 5.38. The summed E-state index contributed by atoms with van der Waals surface area (Å²) in [6.07, 6.45) is 2.96. The molecule has 0 saturated carbocycles. The number of hydrogen-bond acceptors (Lipinski definition) is 3. The molecule has 0 spiro atoms. The minimum atomic E-state index is 0.481. The van der Waals surface area contributed by atoms with Crippen LogP contribution < -0.4 is 10.1 Å². The van der Waals surface area contributed by atoms with Crippen molar-refractivity contribution in [2.24, 2.45) is 0 Å². The van der Waals surface area contributed by atoms with Crippen LogP contribution in [0.15, 0.2) is 42.6 Å². The van der Waals surface area contributed by atoms with Gasteiger partial charge < -0.3 is 10.1 Å². The average Bonchev–Trinajstić information content (AvgIpc) is 2.54. The van der Waals surface area contributed by atoms with Crippen LogP contribution in [-0.2, 0) is 6.54 Å². The molecule has 0 radical (unpaired) electrons. The molecule has 1 unspecified atom stereocenters. The van der Waals surface area contributed by atoms with E-state index in [0.717, 1.165) is 25.3 Å². The number of nitrogens with one attached hydrogen (secondary N) is 1. The van der Waals surface area contributed by atoms with Gasteiger partial charge >= 0.3 is 0 Å². The van der Waals surface area contributed by atoms with Crippen LogP contribution in [0.25, 0.3) is 0 Å². The van der Waals surface area contributed by atoms with Crippen LogP contribution in [-0.4, -0.2) is 11.5 Å². The number of hydrogen-bond donors (Lipinski definition) is 1. The van der Waals surface area contributed by atoms with Crippen LogP contribution in [0.1, 0.15) is 44.2 Å². The molecule has 0 saturated heterocycles. The van der Waals surface area contributed by atoms with E-state index in [1.807, 2.05) is 24.4 Å². The molecule has 1 atom stereocenters. The largest absolute Gasteiger partial charge is 0.439 e. The summed E-state index contributed by atoms with van der Waals surface area (Å²) < 4.78 is 5.96. The Morgan fingerprint density at radius 3 is 2.62 bits per heavy atom. The molecule has 3 nitrogen and oxygen atoms in total. The predicted molar refractivity (Wildman–Crippen MR) is 86.8 cm³/mol. The summed E-state index contributed by atoms with van der Waals surface area (Å²) in [5, 5.41) is 3.28. The Kier molecular flexibility index (Phi) is 5.76. The van der Waals surface area contributed by atoms with Crippen LogP contribution in [0.5, 0.6) is 11.6 Å². The van der Waals surface area contributed by atoms with Crippen LogP contribution in [0.4, 0.5) is 0 Å². The van der Waals surface area contributed by atoms with E-state index in [9.17, 15) is 0 Å². The van der Waals surface area contributed by atoms with Crippen molar-refractivity contribution in [3.63, 3.8) is 0 Å². The zero-order valence-electron chi connectivity index (χ0n) is 13.1. The van der Waals surface area contributed by atoms with E-state index in [2.05, 4.69) is 49.3 Å². The van der Waals surface area contributed by atoms with Crippen molar-refractivity contribution in [3.8, 4) is 11.6 Å². The Bertz CT molecular complexity index is 551. The molecule has 3 heteroatoms. The van der Waals surface area contributed by atoms with Crippen molar-refractivity contribution in [1.29, 1.82) is 0 Å². The quantitative estimate of drug-likeness (QED) is 0.813. The van der Waals surface area contributed by atoms with Gasteiger partial charge in [0.1, 0.15) is 5.75 Å². The van der Waals surface area contributed by atoms with E-state index in [1.54, 1.807) is 0 Å². The first-order chi connectivity index (χ1) is 10.2. The molecule has 0 aliphatic rings. The molecular weight excluding hydrogens is 260 g/mol. The zero-order valence-corrected chi connectivity index (χ0v) is 13.1. The molecule has 21 heavy (non-hydrogen) atoms. The number of benzene rings is 1. The Morgan fingerprint density at radius 2 is 1.95 bits per heavy atom. The minimum absolute atomic E-state index is 0.481. The Hall–Kier alpha value is -1.87. The maximum absolute atomic E-state index is 5.96. The second-order valence-electron chi connectivity index (χ2n) is 5.23. The monoisotopic (exact) mass is 284 g/mol. The lowest BCUT2D eigenvalue weighted by molar-refractivity contribution is 0.451. The highest BCUT2D eigenvalue weighted by Crippen LogP contribution is 2.31. The molecule has 0 aliphatic carbocycles. The van der Waals surface area contributed by atoms with E-state index >= 15 is 0 Å². The zero-order chi connectivity index (χ0) is 15.1. The SMILES string of the molecule is CCNCc1ccc(Oc2ccccc2C(C)CC)nc1. The van der Waals surface area contributed by atoms with Crippen molar-refractivity contribution in [3.05, 3.63) is 53.7 Å². The fraction of sp³-hybridized carbons (Fsp3) is 0.389. The van der Waals surface area contributed by atoms with Gasteiger partial charge in [-0.05, 0) is 36.1 Å². The molecule has 0 amide bonds. The lowest BCUT2D eigenvalue weighted by Crippen LogP contribution is -2.11. The highest BCUT2D eigenvalue weighted by Gasteiger charge is 2.10. The average molecular weight is 284 g/mol. The van der Waals surface area contributed by atoms with Crippen molar-refractivity contribution < 1.29 is 4.74 Å². The Morgan fingerprint density at radius 1 is 1.14 bits per heavy atom. The molecule has 2 rings (SSSR count). The molecular formula is C18H24N2O. The number of aromatic nitrogens is 1. The third kappa shape index (κ3) is 4.30. The number of ether oxygens (including phenoxy) is 1. The summed E-state index contributed by atoms with van der Waals surface area (Å²) in [7, 11) is 0. The van der Waals surface area contributed by atoms with E-state index in [1.165, 1.54) is 11.1 Å². The van der Waals surface area contributed by atoms with E-state index in [4.69, 9.17) is 4.74 Å². The smallest absolute Gasteiger partial charge is 0.219 e. The van der Waals surface area contributed by atoms with Gasteiger partial charge in [0.05, 0.1) is 0 Å². The predicted octanol–water partition coefficient (Wildman–Crippen LogP) is 4.50. The summed E-state index contributed by atoms with van der Waals surface area (Å²) in [6, 6.07) is 12.2. The molecule has 1 heterocycles. The van der Waals surface area contributed by atoms with Gasteiger partial charge in [0, 0.05) is 18.8 Å². The molecule has 112 valence electrons. The number of rotatable bonds is 7. The molecule has 0 fully saturated rings. The molecule has 2 aromatic rings. The summed E-state index contributed by atoms with van der Waals surface area (Å²) in [6.45, 7) is 8.30. The van der Waals surface area contributed by atoms with Crippen molar-refractivity contribution in [1.82, 2.24) is 10.3 Å². The number of para-hydroxylation sites is 1. The van der Waals surface area contributed by atoms with Crippen molar-refractivity contribution in [2.75, 3.05) is 6.54 Å². The van der Waals surface area contributed by atoms with Crippen LogP contribution >= 0.6 is 0 Å². The van der Waals surface area contributed by atoms with Crippen LogP contribution in [0, 0.1) is 0 Å². The van der Waals surface area contributed by atoms with E-state index < -0.39 is 0 Å². The second-order valence-corrected chi connectivity index (χ2v) is 5.23. The third-order valence-corrected chi connectivity index (χ3v) is 3.65. The molecule has 1 aromatic heterocycles. The Balaban J connectivity index is 2.11. The highest BCUT2D eigenvalue weighted by atomic mass is 16.5. The van der Waals surface area contributed by atoms with E-state index in [-0.39, 0.29) is 0 Å². The molecule has 1 aromatic carbocycles. The molecule has 0 bridgehead atoms. The first-order valence-electron chi connectivity index (χ1n) is 7.67. The maximum Gasteiger partial charge on any atom is 0.219 e. The first-order valence-corrected chi connectivity index (χ1v) is 7.67. The van der Waals surface area contributed by atoms with Crippen molar-refractivity contribution in [2.45, 2.75) is 39.7 Å². The van der Waals surface area contributed by atoms with Gasteiger partial charge in [0.25, 0.3) is 0 Å². The lowest BCUT2D eigenvalue weighted by atomic mass is 9.98. The summed E-state index contributed by atoms with van der Waals surface area (Å²) in [4.78, 5) is 4.39. The standard InChI is InChI=1S/C18H24N2O/c1-4-14(3)16-8-6-7-9-17(16)21-18-11-10-15(13-20-18)12-19-5-2/h6-11,13-14,19H,4-5,12H2,1-3H3. The fourth-order valence-electron chi connectivity index (χ4n) is 2.16. The Labute approximate surface area is 127 Å². The maximum atomic E-state index is 5.96. The van der Waals surface area contributed by atoms with Gasteiger partial charge in [-0.15, -0.1) is 0 Å². The van der Waals surface area contributed by atoms with Gasteiger partial charge in [-0.3, -0.25) is 0 Å². The normalized spacial score (nSPS) is 12.1. The summed E-state index contributed by atoms with van der Waals surface area (Å²) >= 11 is 0. The van der Waals surface area contributed by atoms with Crippen LogP contribution in [0.2, 0.25) is 0 Å². The van der Waals surface area contributed by atoms with Gasteiger partial charge in [-0.25, -0.2) is 4.98 Å². The topological polar surface area (TPSA) is 34.1 Å². The lowest BCUT2D eigenvalue weighted by Gasteiger charge is -2.15. The minimum Gasteiger partial charge on any atom is -0.439 e. The van der Waals surface area contributed by atoms with Crippen LogP contribution in [0.3, 0.4) is 0 Å². The van der Waals surface area contributed by atoms with E-state index in [0.29, 0.717) is 11.8 Å². The van der Waals surface area contributed by atoms with Gasteiger partial charge in [0.2, 0.25) is 5.88 Å². The fourth-order valence-corrected chi connectivity index (χ4v) is 2.16. The molecule has 1 N–H and O–H groups in total. The third-order valence-electron chi connectivity index (χ3n) is 3.65. The first kappa shape index (κ1) is 15.5. The van der Waals surface area contributed by atoms with Gasteiger partial charge in [-0.2, -0.15) is 0 Å².